The van der Waals surface area contributed by atoms with Gasteiger partial charge in [-0.2, -0.15) is 0 Å². The van der Waals surface area contributed by atoms with E-state index in [1.54, 1.807) is 7.11 Å². The molecule has 15 heavy (non-hydrogen) atoms. The Kier molecular flexibility index (Phi) is 7.58. The molecule has 0 saturated carbocycles. The molecule has 0 spiro atoms. The molecule has 1 unspecified atom stereocenters. The first-order valence-electron chi connectivity index (χ1n) is 6.28. The normalized spacial score (nSPS) is 20.7. The van der Waals surface area contributed by atoms with Crippen LogP contribution in [0.25, 0.3) is 0 Å². The molecule has 1 aliphatic rings. The molecule has 0 aromatic heterocycles. The number of hydrogen-bond acceptors (Lipinski definition) is 2. The van der Waals surface area contributed by atoms with Gasteiger partial charge in [-0.15, -0.1) is 0 Å². The van der Waals surface area contributed by atoms with Gasteiger partial charge >= 0.3 is 0 Å². The Morgan fingerprint density at radius 1 is 1.27 bits per heavy atom. The van der Waals surface area contributed by atoms with Crippen molar-refractivity contribution >= 4 is 0 Å². The summed E-state index contributed by atoms with van der Waals surface area (Å²) < 4.78 is 5.02. The van der Waals surface area contributed by atoms with E-state index in [0.717, 1.165) is 12.5 Å². The Bertz CT molecular complexity index is 168. The van der Waals surface area contributed by atoms with E-state index in [9.17, 15) is 0 Å². The molecule has 0 saturated heterocycles. The molecule has 0 aromatic rings. The Balaban J connectivity index is 1.82. The molecule has 0 aromatic carbocycles. The Morgan fingerprint density at radius 2 is 2.20 bits per heavy atom. The van der Waals surface area contributed by atoms with E-state index in [-0.39, 0.29) is 0 Å². The smallest absolute Gasteiger partial charge is 0.0462 e. The minimum absolute atomic E-state index is 0.883. The average molecular weight is 211 g/mol. The molecule has 2 heteroatoms. The summed E-state index contributed by atoms with van der Waals surface area (Å²) in [6.45, 7) is 3.28. The molecule has 0 bridgehead atoms. The zero-order valence-electron chi connectivity index (χ0n) is 10.0. The lowest BCUT2D eigenvalue weighted by molar-refractivity contribution is 0.192. The van der Waals surface area contributed by atoms with Gasteiger partial charge in [-0.05, 0) is 57.5 Å². The molecule has 1 aliphatic carbocycles. The lowest BCUT2D eigenvalue weighted by Crippen LogP contribution is -2.24. The van der Waals surface area contributed by atoms with Crippen LogP contribution in [0.1, 0.15) is 38.5 Å². The predicted molar refractivity (Wildman–Crippen MR) is 65.1 cm³/mol. The van der Waals surface area contributed by atoms with Crippen molar-refractivity contribution in [3.05, 3.63) is 12.2 Å². The van der Waals surface area contributed by atoms with Crippen LogP contribution in [0, 0.1) is 5.92 Å². The van der Waals surface area contributed by atoms with Crippen LogP contribution in [-0.4, -0.2) is 26.8 Å². The second-order valence-electron chi connectivity index (χ2n) is 4.41. The van der Waals surface area contributed by atoms with E-state index in [4.69, 9.17) is 4.74 Å². The van der Waals surface area contributed by atoms with Gasteiger partial charge in [0.25, 0.3) is 0 Å². The fourth-order valence-electron chi connectivity index (χ4n) is 2.02. The molecule has 1 rings (SSSR count). The lowest BCUT2D eigenvalue weighted by atomic mass is 9.94. The third-order valence-corrected chi connectivity index (χ3v) is 3.01. The molecule has 1 atom stereocenters. The van der Waals surface area contributed by atoms with Crippen LogP contribution in [0.3, 0.4) is 0 Å². The van der Waals surface area contributed by atoms with E-state index in [0.29, 0.717) is 0 Å². The second kappa shape index (κ2) is 8.93. The zero-order valence-corrected chi connectivity index (χ0v) is 10.0. The molecule has 0 radical (unpaired) electrons. The summed E-state index contributed by atoms with van der Waals surface area (Å²) in [5.74, 6) is 0.883. The predicted octanol–water partition coefficient (Wildman–Crippen LogP) is 2.75. The van der Waals surface area contributed by atoms with Crippen LogP contribution in [-0.2, 0) is 4.74 Å². The molecule has 2 nitrogen and oxygen atoms in total. The fraction of sp³-hybridized carbons (Fsp3) is 0.846. The van der Waals surface area contributed by atoms with Crippen LogP contribution < -0.4 is 5.32 Å². The molecular formula is C13H25NO. The highest BCUT2D eigenvalue weighted by Gasteiger charge is 2.08. The van der Waals surface area contributed by atoms with Gasteiger partial charge in [-0.3, -0.25) is 0 Å². The lowest BCUT2D eigenvalue weighted by Gasteiger charge is -2.18. The van der Waals surface area contributed by atoms with Crippen LogP contribution >= 0.6 is 0 Å². The van der Waals surface area contributed by atoms with Crippen molar-refractivity contribution in [1.29, 1.82) is 0 Å². The first-order chi connectivity index (χ1) is 7.43. The van der Waals surface area contributed by atoms with Gasteiger partial charge in [0.2, 0.25) is 0 Å². The summed E-state index contributed by atoms with van der Waals surface area (Å²) >= 11 is 0. The third-order valence-electron chi connectivity index (χ3n) is 3.01. The fourth-order valence-corrected chi connectivity index (χ4v) is 2.02. The average Bonchev–Trinajstić information content (AvgIpc) is 2.29. The number of allylic oxidation sites excluding steroid dienone is 2. The standard InChI is InChI=1S/C13H25NO/c1-15-11-7-3-6-10-14-12-13-8-4-2-5-9-13/h2,4,13-14H,3,5-12H2,1H3. The molecule has 0 heterocycles. The number of hydrogen-bond donors (Lipinski definition) is 1. The van der Waals surface area contributed by atoms with Crippen molar-refractivity contribution in [3.63, 3.8) is 0 Å². The van der Waals surface area contributed by atoms with Crippen molar-refractivity contribution in [2.45, 2.75) is 38.5 Å². The quantitative estimate of drug-likeness (QED) is 0.492. The summed E-state index contributed by atoms with van der Waals surface area (Å²) in [6.07, 6.45) is 12.3. The van der Waals surface area contributed by atoms with Gasteiger partial charge in [0.15, 0.2) is 0 Å². The Morgan fingerprint density at radius 3 is 2.93 bits per heavy atom. The Hall–Kier alpha value is -0.340. The first kappa shape index (κ1) is 12.7. The first-order valence-corrected chi connectivity index (χ1v) is 6.28. The minimum Gasteiger partial charge on any atom is -0.385 e. The van der Waals surface area contributed by atoms with Crippen molar-refractivity contribution in [1.82, 2.24) is 5.32 Å². The van der Waals surface area contributed by atoms with Gasteiger partial charge in [-0.1, -0.05) is 12.2 Å². The zero-order chi connectivity index (χ0) is 10.8. The number of nitrogens with one attached hydrogen (secondary N) is 1. The van der Waals surface area contributed by atoms with Crippen LogP contribution in [0.15, 0.2) is 12.2 Å². The molecule has 1 N–H and O–H groups in total. The molecule has 0 fully saturated rings. The van der Waals surface area contributed by atoms with Crippen molar-refractivity contribution < 1.29 is 4.74 Å². The van der Waals surface area contributed by atoms with E-state index in [2.05, 4.69) is 17.5 Å². The van der Waals surface area contributed by atoms with Gasteiger partial charge < -0.3 is 10.1 Å². The number of methoxy groups -OCH3 is 1. The molecule has 0 amide bonds. The summed E-state index contributed by atoms with van der Waals surface area (Å²) in [6, 6.07) is 0. The minimum atomic E-state index is 0.883. The van der Waals surface area contributed by atoms with Crippen LogP contribution in [0.2, 0.25) is 0 Å². The topological polar surface area (TPSA) is 21.3 Å². The molecule has 0 aliphatic heterocycles. The monoisotopic (exact) mass is 211 g/mol. The number of ether oxygens (including phenoxy) is 1. The van der Waals surface area contributed by atoms with Crippen molar-refractivity contribution in [3.8, 4) is 0 Å². The van der Waals surface area contributed by atoms with E-state index in [1.807, 2.05) is 0 Å². The largest absolute Gasteiger partial charge is 0.385 e. The van der Waals surface area contributed by atoms with E-state index < -0.39 is 0 Å². The maximum atomic E-state index is 5.02. The Labute approximate surface area is 94.1 Å². The van der Waals surface area contributed by atoms with Gasteiger partial charge in [-0.25, -0.2) is 0 Å². The maximum absolute atomic E-state index is 5.02. The van der Waals surface area contributed by atoms with Crippen LogP contribution in [0.5, 0.6) is 0 Å². The summed E-state index contributed by atoms with van der Waals surface area (Å²) in [7, 11) is 1.77. The summed E-state index contributed by atoms with van der Waals surface area (Å²) in [5.41, 5.74) is 0. The number of unbranched alkanes of at least 4 members (excludes halogenated alkanes) is 2. The van der Waals surface area contributed by atoms with Crippen molar-refractivity contribution in [2.24, 2.45) is 5.92 Å². The number of rotatable bonds is 8. The van der Waals surface area contributed by atoms with Gasteiger partial charge in [0.05, 0.1) is 0 Å². The highest BCUT2D eigenvalue weighted by Crippen LogP contribution is 2.16. The van der Waals surface area contributed by atoms with Crippen molar-refractivity contribution in [2.75, 3.05) is 26.8 Å². The summed E-state index contributed by atoms with van der Waals surface area (Å²) in [5, 5.41) is 3.56. The van der Waals surface area contributed by atoms with E-state index >= 15 is 0 Å². The molecule has 88 valence electrons. The highest BCUT2D eigenvalue weighted by molar-refractivity contribution is 4.90. The highest BCUT2D eigenvalue weighted by atomic mass is 16.5. The second-order valence-corrected chi connectivity index (χ2v) is 4.41. The van der Waals surface area contributed by atoms with Crippen LogP contribution in [0.4, 0.5) is 0 Å². The SMILES string of the molecule is COCCCCCNCC1CC=CCC1. The summed E-state index contributed by atoms with van der Waals surface area (Å²) in [4.78, 5) is 0. The van der Waals surface area contributed by atoms with Gasteiger partial charge in [0, 0.05) is 13.7 Å². The van der Waals surface area contributed by atoms with Gasteiger partial charge in [0.1, 0.15) is 0 Å². The van der Waals surface area contributed by atoms with E-state index in [1.165, 1.54) is 51.6 Å². The third kappa shape index (κ3) is 6.69. The maximum Gasteiger partial charge on any atom is 0.0462 e. The molecular weight excluding hydrogens is 186 g/mol.